The summed E-state index contributed by atoms with van der Waals surface area (Å²) in [6.07, 6.45) is 0. The zero-order valence-corrected chi connectivity index (χ0v) is 15.0. The van der Waals surface area contributed by atoms with Gasteiger partial charge in [0.2, 0.25) is 0 Å². The monoisotopic (exact) mass is 411 g/mol. The van der Waals surface area contributed by atoms with Crippen LogP contribution >= 0.6 is 62.3 Å². The van der Waals surface area contributed by atoms with Gasteiger partial charge in [0.15, 0.2) is 0 Å². The van der Waals surface area contributed by atoms with Gasteiger partial charge in [0, 0.05) is 9.50 Å². The molecule has 0 saturated carbocycles. The van der Waals surface area contributed by atoms with Gasteiger partial charge in [0.25, 0.3) is 0 Å². The van der Waals surface area contributed by atoms with Gasteiger partial charge in [-0.05, 0) is 36.8 Å². The fourth-order valence-electron chi connectivity index (χ4n) is 1.80. The topological polar surface area (TPSA) is 12.0 Å². The summed E-state index contributed by atoms with van der Waals surface area (Å²) in [7, 11) is 0. The van der Waals surface area contributed by atoms with Gasteiger partial charge in [-0.3, -0.25) is 0 Å². The van der Waals surface area contributed by atoms with Crippen molar-refractivity contribution in [3.05, 3.63) is 60.5 Å². The summed E-state index contributed by atoms with van der Waals surface area (Å²) in [4.78, 5) is 0. The molecule has 0 radical (unpaired) electrons. The summed E-state index contributed by atoms with van der Waals surface area (Å²) < 4.78 is 0.936. The van der Waals surface area contributed by atoms with Crippen LogP contribution in [0.2, 0.25) is 20.1 Å². The van der Waals surface area contributed by atoms with Crippen LogP contribution in [0.4, 0.5) is 5.69 Å². The first-order chi connectivity index (χ1) is 9.38. The Morgan fingerprint density at radius 3 is 2.20 bits per heavy atom. The predicted molar refractivity (Wildman–Crippen MR) is 92.7 cm³/mol. The first-order valence-corrected chi connectivity index (χ1v) is 8.05. The predicted octanol–water partition coefficient (Wildman–Crippen LogP) is 7.24. The van der Waals surface area contributed by atoms with Gasteiger partial charge < -0.3 is 5.32 Å². The average molecular weight is 414 g/mol. The van der Waals surface area contributed by atoms with Gasteiger partial charge in [-0.25, -0.2) is 0 Å². The second-order valence-corrected chi connectivity index (χ2v) is 6.82. The average Bonchev–Trinajstić information content (AvgIpc) is 2.35. The Balaban J connectivity index is 2.27. The Morgan fingerprint density at radius 2 is 1.55 bits per heavy atom. The minimum Gasteiger partial charge on any atom is -0.377 e. The van der Waals surface area contributed by atoms with Crippen LogP contribution in [-0.4, -0.2) is 0 Å². The van der Waals surface area contributed by atoms with Crippen LogP contribution in [0, 0.1) is 0 Å². The second-order valence-electron chi connectivity index (χ2n) is 4.28. The van der Waals surface area contributed by atoms with Crippen molar-refractivity contribution in [3.63, 3.8) is 0 Å². The quantitative estimate of drug-likeness (QED) is 0.523. The molecular weight excluding hydrogens is 404 g/mol. The maximum absolute atomic E-state index is 6.24. The molecule has 0 spiro atoms. The van der Waals surface area contributed by atoms with Crippen molar-refractivity contribution in [2.75, 3.05) is 5.32 Å². The van der Waals surface area contributed by atoms with Crippen molar-refractivity contribution >= 4 is 68.0 Å². The fourth-order valence-corrected chi connectivity index (χ4v) is 3.24. The highest BCUT2D eigenvalue weighted by molar-refractivity contribution is 9.10. The summed E-state index contributed by atoms with van der Waals surface area (Å²) in [6, 6.07) is 9.04. The van der Waals surface area contributed by atoms with Crippen LogP contribution in [0.3, 0.4) is 0 Å². The van der Waals surface area contributed by atoms with Crippen molar-refractivity contribution in [1.29, 1.82) is 0 Å². The molecule has 0 bridgehead atoms. The summed E-state index contributed by atoms with van der Waals surface area (Å²) >= 11 is 27.7. The summed E-state index contributed by atoms with van der Waals surface area (Å²) in [5.74, 6) is 0. The van der Waals surface area contributed by atoms with Gasteiger partial charge in [0.05, 0.1) is 26.8 Å². The minimum absolute atomic E-state index is 0.0228. The number of benzene rings is 2. The van der Waals surface area contributed by atoms with Crippen molar-refractivity contribution < 1.29 is 0 Å². The Bertz CT molecular complexity index is 645. The zero-order chi connectivity index (χ0) is 14.9. The molecule has 0 aromatic heterocycles. The standard InChI is InChI=1S/C14H10BrCl4N/c1-7(9-3-2-8(15)4-10(9)16)20-14-6-12(18)11(17)5-13(14)19/h2-7,20H,1H3. The lowest BCUT2D eigenvalue weighted by atomic mass is 10.1. The number of hydrogen-bond acceptors (Lipinski definition) is 1. The Labute approximate surface area is 146 Å². The van der Waals surface area contributed by atoms with Crippen molar-refractivity contribution in [2.45, 2.75) is 13.0 Å². The molecule has 2 aromatic rings. The molecule has 1 nitrogen and oxygen atoms in total. The normalized spacial score (nSPS) is 12.3. The molecule has 106 valence electrons. The van der Waals surface area contributed by atoms with Crippen LogP contribution in [0.15, 0.2) is 34.8 Å². The van der Waals surface area contributed by atoms with E-state index in [2.05, 4.69) is 21.2 Å². The first-order valence-electron chi connectivity index (χ1n) is 5.74. The van der Waals surface area contributed by atoms with Crippen molar-refractivity contribution in [1.82, 2.24) is 0 Å². The van der Waals surface area contributed by atoms with Crippen LogP contribution < -0.4 is 5.32 Å². The van der Waals surface area contributed by atoms with E-state index in [0.29, 0.717) is 25.8 Å². The highest BCUT2D eigenvalue weighted by atomic mass is 79.9. The highest BCUT2D eigenvalue weighted by Gasteiger charge is 2.13. The summed E-state index contributed by atoms with van der Waals surface area (Å²) in [5, 5.41) is 5.35. The molecule has 0 fully saturated rings. The number of nitrogens with one attached hydrogen (secondary N) is 1. The lowest BCUT2D eigenvalue weighted by Crippen LogP contribution is -2.07. The molecule has 1 unspecified atom stereocenters. The number of halogens is 5. The van der Waals surface area contributed by atoms with Crippen LogP contribution in [0.1, 0.15) is 18.5 Å². The molecule has 0 aliphatic heterocycles. The molecule has 2 aromatic carbocycles. The van der Waals surface area contributed by atoms with Gasteiger partial charge in [-0.15, -0.1) is 0 Å². The van der Waals surface area contributed by atoms with Gasteiger partial charge in [-0.2, -0.15) is 0 Å². The second kappa shape index (κ2) is 6.76. The molecule has 6 heteroatoms. The van der Waals surface area contributed by atoms with E-state index in [1.54, 1.807) is 12.1 Å². The van der Waals surface area contributed by atoms with E-state index in [9.17, 15) is 0 Å². The van der Waals surface area contributed by atoms with E-state index in [1.165, 1.54) is 0 Å². The molecule has 20 heavy (non-hydrogen) atoms. The Hall–Kier alpha value is -0.120. The van der Waals surface area contributed by atoms with E-state index in [4.69, 9.17) is 46.4 Å². The van der Waals surface area contributed by atoms with Crippen molar-refractivity contribution in [3.8, 4) is 0 Å². The smallest absolute Gasteiger partial charge is 0.0653 e. The molecule has 0 aliphatic carbocycles. The first kappa shape index (κ1) is 16.3. The summed E-state index contributed by atoms with van der Waals surface area (Å²) in [5.41, 5.74) is 1.68. The molecule has 0 saturated heterocycles. The van der Waals surface area contributed by atoms with Crippen LogP contribution in [-0.2, 0) is 0 Å². The number of rotatable bonds is 3. The van der Waals surface area contributed by atoms with E-state index >= 15 is 0 Å². The molecule has 0 heterocycles. The largest absolute Gasteiger partial charge is 0.377 e. The van der Waals surface area contributed by atoms with Gasteiger partial charge in [-0.1, -0.05) is 68.4 Å². The Kier molecular flexibility index (Phi) is 5.49. The zero-order valence-electron chi connectivity index (χ0n) is 10.4. The lowest BCUT2D eigenvalue weighted by molar-refractivity contribution is 0.885. The number of anilines is 1. The maximum Gasteiger partial charge on any atom is 0.0653 e. The minimum atomic E-state index is -0.0228. The van der Waals surface area contributed by atoms with Crippen molar-refractivity contribution in [2.24, 2.45) is 0 Å². The molecule has 0 aliphatic rings. The van der Waals surface area contributed by atoms with E-state index in [0.717, 1.165) is 10.0 Å². The van der Waals surface area contributed by atoms with Crippen LogP contribution in [0.5, 0.6) is 0 Å². The maximum atomic E-state index is 6.24. The molecule has 1 N–H and O–H groups in total. The molecular formula is C14H10BrCl4N. The molecule has 0 amide bonds. The number of hydrogen-bond donors (Lipinski definition) is 1. The Morgan fingerprint density at radius 1 is 0.900 bits per heavy atom. The van der Waals surface area contributed by atoms with E-state index in [1.807, 2.05) is 25.1 Å². The third-order valence-electron chi connectivity index (χ3n) is 2.81. The molecule has 1 atom stereocenters. The third-order valence-corrected chi connectivity index (χ3v) is 4.67. The lowest BCUT2D eigenvalue weighted by Gasteiger charge is -2.18. The van der Waals surface area contributed by atoms with Gasteiger partial charge >= 0.3 is 0 Å². The molecule has 2 rings (SSSR count). The van der Waals surface area contributed by atoms with E-state index < -0.39 is 0 Å². The fraction of sp³-hybridized carbons (Fsp3) is 0.143. The highest BCUT2D eigenvalue weighted by Crippen LogP contribution is 2.35. The third kappa shape index (κ3) is 3.75. The SMILES string of the molecule is CC(Nc1cc(Cl)c(Cl)cc1Cl)c1ccc(Br)cc1Cl. The van der Waals surface area contributed by atoms with Gasteiger partial charge in [0.1, 0.15) is 0 Å². The van der Waals surface area contributed by atoms with Crippen LogP contribution in [0.25, 0.3) is 0 Å². The van der Waals surface area contributed by atoms with E-state index in [-0.39, 0.29) is 6.04 Å². The summed E-state index contributed by atoms with van der Waals surface area (Å²) in [6.45, 7) is 1.99.